The van der Waals surface area contributed by atoms with Gasteiger partial charge in [0.1, 0.15) is 5.75 Å². The maximum atomic E-state index is 6.13. The van der Waals surface area contributed by atoms with E-state index in [0.29, 0.717) is 17.3 Å². The second kappa shape index (κ2) is 5.42. The Morgan fingerprint density at radius 1 is 1.44 bits per heavy atom. The topological polar surface area (TPSA) is 53.1 Å². The van der Waals surface area contributed by atoms with Crippen molar-refractivity contribution in [3.8, 4) is 16.9 Å². The molecule has 0 aliphatic rings. The van der Waals surface area contributed by atoms with Crippen LogP contribution in [0.1, 0.15) is 5.69 Å². The van der Waals surface area contributed by atoms with Crippen LogP contribution in [0.15, 0.2) is 24.4 Å². The van der Waals surface area contributed by atoms with Gasteiger partial charge in [0.15, 0.2) is 0 Å². The molecular weight excluding hydrogens is 250 g/mol. The Labute approximate surface area is 111 Å². The number of hydrogen-bond acceptors (Lipinski definition) is 3. The van der Waals surface area contributed by atoms with Crippen molar-refractivity contribution in [1.82, 2.24) is 9.78 Å². The summed E-state index contributed by atoms with van der Waals surface area (Å²) in [6, 6.07) is 5.72. The second-order valence-corrected chi connectivity index (χ2v) is 4.41. The number of ether oxygens (including phenoxy) is 1. The number of rotatable bonds is 4. The van der Waals surface area contributed by atoms with E-state index >= 15 is 0 Å². The molecule has 1 aromatic heterocycles. The van der Waals surface area contributed by atoms with Gasteiger partial charge in [0.05, 0.1) is 24.9 Å². The van der Waals surface area contributed by atoms with Gasteiger partial charge in [-0.2, -0.15) is 5.10 Å². The molecule has 0 unspecified atom stereocenters. The van der Waals surface area contributed by atoms with Crippen molar-refractivity contribution in [2.45, 2.75) is 13.5 Å². The Morgan fingerprint density at radius 2 is 2.22 bits per heavy atom. The van der Waals surface area contributed by atoms with E-state index in [4.69, 9.17) is 22.1 Å². The Kier molecular flexibility index (Phi) is 3.89. The smallest absolute Gasteiger partial charge is 0.137 e. The van der Waals surface area contributed by atoms with Crippen molar-refractivity contribution in [2.24, 2.45) is 5.73 Å². The van der Waals surface area contributed by atoms with Gasteiger partial charge < -0.3 is 10.5 Å². The van der Waals surface area contributed by atoms with Crippen molar-refractivity contribution in [3.63, 3.8) is 0 Å². The van der Waals surface area contributed by atoms with Gasteiger partial charge in [0, 0.05) is 17.8 Å². The third-order valence-corrected chi connectivity index (χ3v) is 3.20. The van der Waals surface area contributed by atoms with Gasteiger partial charge in [-0.1, -0.05) is 17.7 Å². The first-order valence-electron chi connectivity index (χ1n) is 5.73. The van der Waals surface area contributed by atoms with Crippen LogP contribution in [-0.2, 0) is 6.54 Å². The number of hydrogen-bond donors (Lipinski definition) is 1. The summed E-state index contributed by atoms with van der Waals surface area (Å²) in [5, 5.41) is 4.91. The van der Waals surface area contributed by atoms with Crippen LogP contribution < -0.4 is 10.5 Å². The molecule has 0 amide bonds. The number of methoxy groups -OCH3 is 1. The van der Waals surface area contributed by atoms with Crippen molar-refractivity contribution in [3.05, 3.63) is 35.1 Å². The van der Waals surface area contributed by atoms with Crippen LogP contribution in [0.3, 0.4) is 0 Å². The minimum atomic E-state index is 0.575. The molecule has 0 aliphatic heterocycles. The van der Waals surface area contributed by atoms with Gasteiger partial charge in [-0.3, -0.25) is 4.68 Å². The minimum Gasteiger partial charge on any atom is -0.495 e. The SMILES string of the molecule is COc1ccc(-c2cnn(CCN)c2C)cc1Cl. The van der Waals surface area contributed by atoms with Crippen molar-refractivity contribution >= 4 is 11.6 Å². The maximum Gasteiger partial charge on any atom is 0.137 e. The van der Waals surface area contributed by atoms with Crippen molar-refractivity contribution in [2.75, 3.05) is 13.7 Å². The molecule has 0 saturated carbocycles. The van der Waals surface area contributed by atoms with E-state index in [0.717, 1.165) is 23.4 Å². The van der Waals surface area contributed by atoms with Crippen LogP contribution in [0.5, 0.6) is 5.75 Å². The first-order chi connectivity index (χ1) is 8.67. The average Bonchev–Trinajstić information content (AvgIpc) is 2.72. The maximum absolute atomic E-state index is 6.13. The van der Waals surface area contributed by atoms with E-state index in [2.05, 4.69) is 5.10 Å². The third kappa shape index (κ3) is 2.35. The molecule has 2 N–H and O–H groups in total. The van der Waals surface area contributed by atoms with E-state index in [1.807, 2.05) is 36.0 Å². The van der Waals surface area contributed by atoms with E-state index < -0.39 is 0 Å². The number of aromatic nitrogens is 2. The summed E-state index contributed by atoms with van der Waals surface area (Å²) in [5.41, 5.74) is 8.72. The van der Waals surface area contributed by atoms with Crippen LogP contribution in [0.4, 0.5) is 0 Å². The lowest BCUT2D eigenvalue weighted by Gasteiger charge is -2.07. The van der Waals surface area contributed by atoms with Gasteiger partial charge in [-0.15, -0.1) is 0 Å². The lowest BCUT2D eigenvalue weighted by molar-refractivity contribution is 0.415. The van der Waals surface area contributed by atoms with Crippen LogP contribution in [0.25, 0.3) is 11.1 Å². The van der Waals surface area contributed by atoms with Crippen LogP contribution in [0, 0.1) is 6.92 Å². The molecule has 2 aromatic rings. The molecular formula is C13H16ClN3O. The molecule has 18 heavy (non-hydrogen) atoms. The molecule has 0 saturated heterocycles. The number of halogens is 1. The molecule has 1 heterocycles. The van der Waals surface area contributed by atoms with E-state index in [-0.39, 0.29) is 0 Å². The normalized spacial score (nSPS) is 10.7. The number of nitrogens with zero attached hydrogens (tertiary/aromatic N) is 2. The predicted molar refractivity (Wildman–Crippen MR) is 73.0 cm³/mol. The zero-order chi connectivity index (χ0) is 13.1. The van der Waals surface area contributed by atoms with Crippen molar-refractivity contribution < 1.29 is 4.74 Å². The van der Waals surface area contributed by atoms with E-state index in [1.54, 1.807) is 7.11 Å². The Morgan fingerprint density at radius 3 is 2.83 bits per heavy atom. The molecule has 0 fully saturated rings. The van der Waals surface area contributed by atoms with E-state index in [9.17, 15) is 0 Å². The van der Waals surface area contributed by atoms with Crippen molar-refractivity contribution in [1.29, 1.82) is 0 Å². The predicted octanol–water partition coefficient (Wildman–Crippen LogP) is 2.48. The molecule has 4 nitrogen and oxygen atoms in total. The molecule has 2 rings (SSSR count). The molecule has 5 heteroatoms. The van der Waals surface area contributed by atoms with Gasteiger partial charge in [0.2, 0.25) is 0 Å². The third-order valence-electron chi connectivity index (χ3n) is 2.91. The Hall–Kier alpha value is -1.52. The molecule has 96 valence electrons. The quantitative estimate of drug-likeness (QED) is 0.924. The Balaban J connectivity index is 2.39. The van der Waals surface area contributed by atoms with Gasteiger partial charge in [0.25, 0.3) is 0 Å². The summed E-state index contributed by atoms with van der Waals surface area (Å²) in [4.78, 5) is 0. The number of benzene rings is 1. The summed E-state index contributed by atoms with van der Waals surface area (Å²) in [6.07, 6.45) is 1.84. The summed E-state index contributed by atoms with van der Waals surface area (Å²) < 4.78 is 7.04. The minimum absolute atomic E-state index is 0.575. The largest absolute Gasteiger partial charge is 0.495 e. The van der Waals surface area contributed by atoms with Crippen LogP contribution in [-0.4, -0.2) is 23.4 Å². The molecule has 0 bridgehead atoms. The first kappa shape index (κ1) is 12.9. The summed E-state index contributed by atoms with van der Waals surface area (Å²) in [7, 11) is 1.60. The first-order valence-corrected chi connectivity index (χ1v) is 6.11. The number of nitrogens with two attached hydrogens (primary N) is 1. The van der Waals surface area contributed by atoms with Gasteiger partial charge >= 0.3 is 0 Å². The summed E-state index contributed by atoms with van der Waals surface area (Å²) in [5.74, 6) is 0.674. The highest BCUT2D eigenvalue weighted by Gasteiger charge is 2.10. The zero-order valence-electron chi connectivity index (χ0n) is 10.5. The monoisotopic (exact) mass is 265 g/mol. The standard InChI is InChI=1S/C13H16ClN3O/c1-9-11(8-16-17(9)6-5-15)10-3-4-13(18-2)12(14)7-10/h3-4,7-8H,5-6,15H2,1-2H3. The second-order valence-electron chi connectivity index (χ2n) is 4.00. The fourth-order valence-electron chi connectivity index (χ4n) is 1.91. The lowest BCUT2D eigenvalue weighted by atomic mass is 10.1. The summed E-state index contributed by atoms with van der Waals surface area (Å²) in [6.45, 7) is 3.32. The molecule has 0 atom stereocenters. The fourth-order valence-corrected chi connectivity index (χ4v) is 2.17. The highest BCUT2D eigenvalue weighted by molar-refractivity contribution is 6.32. The van der Waals surface area contributed by atoms with Crippen LogP contribution >= 0.6 is 11.6 Å². The molecule has 0 aliphatic carbocycles. The highest BCUT2D eigenvalue weighted by atomic mass is 35.5. The van der Waals surface area contributed by atoms with Gasteiger partial charge in [-0.25, -0.2) is 0 Å². The average molecular weight is 266 g/mol. The van der Waals surface area contributed by atoms with E-state index in [1.165, 1.54) is 0 Å². The lowest BCUT2D eigenvalue weighted by Crippen LogP contribution is -2.12. The van der Waals surface area contributed by atoms with Crippen LogP contribution in [0.2, 0.25) is 5.02 Å². The molecule has 0 spiro atoms. The highest BCUT2D eigenvalue weighted by Crippen LogP contribution is 2.31. The fraction of sp³-hybridized carbons (Fsp3) is 0.308. The zero-order valence-corrected chi connectivity index (χ0v) is 11.2. The molecule has 1 aromatic carbocycles. The summed E-state index contributed by atoms with van der Waals surface area (Å²) >= 11 is 6.13. The molecule has 0 radical (unpaired) electrons. The Bertz CT molecular complexity index is 551. The van der Waals surface area contributed by atoms with Gasteiger partial charge in [-0.05, 0) is 24.6 Å².